The molecule has 11 nitrogen and oxygen atoms in total. The number of urea groups is 1. The van der Waals surface area contributed by atoms with Gasteiger partial charge in [-0.2, -0.15) is 0 Å². The van der Waals surface area contributed by atoms with Gasteiger partial charge in [0.25, 0.3) is 0 Å². The Bertz CT molecular complexity index is 1380. The van der Waals surface area contributed by atoms with Crippen LogP contribution in [0, 0.1) is 0 Å². The molecule has 48 heavy (non-hydrogen) atoms. The van der Waals surface area contributed by atoms with Crippen LogP contribution < -0.4 is 15.4 Å². The van der Waals surface area contributed by atoms with E-state index < -0.39 is 5.79 Å². The van der Waals surface area contributed by atoms with Gasteiger partial charge in [-0.1, -0.05) is 43.2 Å². The molecule has 0 bridgehead atoms. The first-order valence-electron chi connectivity index (χ1n) is 17.6. The number of carbonyl (C=O) groups excluding carboxylic acids is 3. The Morgan fingerprint density at radius 3 is 2.50 bits per heavy atom. The lowest BCUT2D eigenvalue weighted by molar-refractivity contribution is -0.180. The van der Waals surface area contributed by atoms with Crippen LogP contribution in [0.15, 0.2) is 42.5 Å². The van der Waals surface area contributed by atoms with Crippen LogP contribution in [0.4, 0.5) is 9.59 Å². The van der Waals surface area contributed by atoms with Gasteiger partial charge in [-0.25, -0.2) is 9.59 Å². The average Bonchev–Trinajstić information content (AvgIpc) is 3.75. The van der Waals surface area contributed by atoms with Crippen LogP contribution in [0.5, 0.6) is 5.75 Å². The quantitative estimate of drug-likeness (QED) is 0.204. The maximum Gasteiger partial charge on any atom is 0.410 e. The molecule has 262 valence electrons. The molecule has 11 heteroatoms. The summed E-state index contributed by atoms with van der Waals surface area (Å²) in [6.45, 7) is 9.02. The molecule has 4 amide bonds. The number of nitrogens with one attached hydrogen (secondary N) is 2. The van der Waals surface area contributed by atoms with Crippen molar-refractivity contribution in [2.75, 3.05) is 45.9 Å². The highest BCUT2D eigenvalue weighted by atomic mass is 16.7. The van der Waals surface area contributed by atoms with Gasteiger partial charge in [-0.05, 0) is 73.8 Å². The molecule has 0 radical (unpaired) electrons. The molecule has 1 atom stereocenters. The van der Waals surface area contributed by atoms with Gasteiger partial charge in [0.2, 0.25) is 11.7 Å². The molecule has 2 aromatic carbocycles. The highest BCUT2D eigenvalue weighted by Gasteiger charge is 2.33. The number of cyclic esters (lactones) is 1. The molecule has 2 fully saturated rings. The fourth-order valence-corrected chi connectivity index (χ4v) is 6.35. The molecule has 3 aliphatic heterocycles. The summed E-state index contributed by atoms with van der Waals surface area (Å²) in [5.74, 6) is 0.160. The topological polar surface area (TPSA) is 119 Å². The van der Waals surface area contributed by atoms with E-state index in [1.54, 1.807) is 9.80 Å². The minimum Gasteiger partial charge on any atom is -0.463 e. The predicted octanol–water partition coefficient (Wildman–Crippen LogP) is 5.85. The van der Waals surface area contributed by atoms with Crippen molar-refractivity contribution >= 4 is 18.0 Å². The summed E-state index contributed by atoms with van der Waals surface area (Å²) in [5, 5.41) is 5.57. The second-order valence-corrected chi connectivity index (χ2v) is 13.4. The zero-order valence-electron chi connectivity index (χ0n) is 28.6. The Morgan fingerprint density at radius 2 is 1.69 bits per heavy atom. The summed E-state index contributed by atoms with van der Waals surface area (Å²) >= 11 is 0. The molecule has 2 aromatic rings. The highest BCUT2D eigenvalue weighted by molar-refractivity contribution is 5.84. The van der Waals surface area contributed by atoms with Gasteiger partial charge in [0.1, 0.15) is 11.9 Å². The van der Waals surface area contributed by atoms with Crippen molar-refractivity contribution < 1.29 is 33.3 Å². The van der Waals surface area contributed by atoms with Crippen LogP contribution in [-0.2, 0) is 38.6 Å². The SMILES string of the molecule is CC1(C)OCc2cc(C3CN(CCCCCCOCCCCc4ccccc4CNC(=O)NCC(=O)N4CCCC4)C(=O)O3)ccc2O1. The third-order valence-corrected chi connectivity index (χ3v) is 9.14. The molecule has 5 rings (SSSR count). The summed E-state index contributed by atoms with van der Waals surface area (Å²) in [5.41, 5.74) is 4.25. The van der Waals surface area contributed by atoms with E-state index in [4.69, 9.17) is 18.9 Å². The number of benzene rings is 2. The average molecular weight is 665 g/mol. The van der Waals surface area contributed by atoms with Crippen molar-refractivity contribution in [2.45, 2.75) is 96.7 Å². The van der Waals surface area contributed by atoms with Crippen molar-refractivity contribution in [1.29, 1.82) is 0 Å². The van der Waals surface area contributed by atoms with E-state index in [0.29, 0.717) is 26.2 Å². The number of rotatable bonds is 17. The molecular formula is C37H52N4O7. The van der Waals surface area contributed by atoms with Crippen molar-refractivity contribution in [3.05, 3.63) is 64.7 Å². The van der Waals surface area contributed by atoms with E-state index >= 15 is 0 Å². The lowest BCUT2D eigenvalue weighted by Crippen LogP contribution is -2.42. The lowest BCUT2D eigenvalue weighted by Gasteiger charge is -2.32. The molecule has 1 unspecified atom stereocenters. The number of nitrogens with zero attached hydrogens (tertiary/aromatic N) is 2. The van der Waals surface area contributed by atoms with Crippen molar-refractivity contribution in [3.63, 3.8) is 0 Å². The summed E-state index contributed by atoms with van der Waals surface area (Å²) in [7, 11) is 0. The van der Waals surface area contributed by atoms with Crippen molar-refractivity contribution in [3.8, 4) is 5.75 Å². The summed E-state index contributed by atoms with van der Waals surface area (Å²) < 4.78 is 23.2. The normalized spacial score (nSPS) is 18.3. The predicted molar refractivity (Wildman–Crippen MR) is 181 cm³/mol. The van der Waals surface area contributed by atoms with Crippen molar-refractivity contribution in [1.82, 2.24) is 20.4 Å². The first-order valence-corrected chi connectivity index (χ1v) is 17.6. The largest absolute Gasteiger partial charge is 0.463 e. The number of hydrogen-bond acceptors (Lipinski definition) is 7. The van der Waals surface area contributed by atoms with E-state index in [1.165, 1.54) is 5.56 Å². The van der Waals surface area contributed by atoms with Crippen LogP contribution in [0.1, 0.15) is 93.6 Å². The number of unbranched alkanes of at least 4 members (excludes halogenated alkanes) is 4. The van der Waals surface area contributed by atoms with E-state index in [1.807, 2.05) is 50.2 Å². The van der Waals surface area contributed by atoms with Crippen LogP contribution in [0.25, 0.3) is 0 Å². The zero-order valence-corrected chi connectivity index (χ0v) is 28.6. The molecule has 0 saturated carbocycles. The number of aryl methyl sites for hydroxylation is 1. The Labute approximate surface area is 284 Å². The number of fused-ring (bicyclic) bond motifs is 1. The third-order valence-electron chi connectivity index (χ3n) is 9.14. The van der Waals surface area contributed by atoms with Gasteiger partial charge in [-0.3, -0.25) is 4.79 Å². The minimum absolute atomic E-state index is 0.0240. The van der Waals surface area contributed by atoms with Gasteiger partial charge < -0.3 is 39.4 Å². The van der Waals surface area contributed by atoms with Crippen LogP contribution >= 0.6 is 0 Å². The smallest absolute Gasteiger partial charge is 0.410 e. The fraction of sp³-hybridized carbons (Fsp3) is 0.595. The Kier molecular flexibility index (Phi) is 13.0. The Morgan fingerprint density at radius 1 is 0.938 bits per heavy atom. The molecule has 3 aliphatic rings. The summed E-state index contributed by atoms with van der Waals surface area (Å²) in [6.07, 6.45) is 8.49. The first-order chi connectivity index (χ1) is 23.3. The van der Waals surface area contributed by atoms with E-state index in [-0.39, 0.29) is 30.7 Å². The monoisotopic (exact) mass is 664 g/mol. The van der Waals surface area contributed by atoms with E-state index in [9.17, 15) is 14.4 Å². The number of hydrogen-bond donors (Lipinski definition) is 2. The second kappa shape index (κ2) is 17.5. The van der Waals surface area contributed by atoms with Gasteiger partial charge in [0.15, 0.2) is 0 Å². The fourth-order valence-electron chi connectivity index (χ4n) is 6.35. The summed E-state index contributed by atoms with van der Waals surface area (Å²) in [4.78, 5) is 40.5. The van der Waals surface area contributed by atoms with Crippen LogP contribution in [-0.4, -0.2) is 79.6 Å². The molecule has 0 spiro atoms. The molecular weight excluding hydrogens is 612 g/mol. The van der Waals surface area contributed by atoms with E-state index in [0.717, 1.165) is 107 Å². The Balaban J connectivity index is 0.877. The number of carbonyl (C=O) groups is 3. The highest BCUT2D eigenvalue weighted by Crippen LogP contribution is 2.35. The molecule has 0 aliphatic carbocycles. The maximum absolute atomic E-state index is 12.5. The standard InChI is InChI=1S/C37H52N4O7/c1-37(2)46-27-31-23-29(16-17-32(31)48-37)33-26-41(36(44)47-33)20-8-3-4-11-21-45-22-12-7-14-28-13-5-6-15-30(28)24-38-35(43)39-25-34(42)40-18-9-10-19-40/h5-6,13,15-17,23,33H,3-4,7-12,14,18-22,24-27H2,1-2H3,(H2,38,39,43). The number of ether oxygens (including phenoxy) is 4. The van der Waals surface area contributed by atoms with Crippen LogP contribution in [0.3, 0.4) is 0 Å². The molecule has 3 heterocycles. The zero-order chi connectivity index (χ0) is 33.8. The van der Waals surface area contributed by atoms with Gasteiger partial charge >= 0.3 is 12.1 Å². The van der Waals surface area contributed by atoms with Crippen LogP contribution in [0.2, 0.25) is 0 Å². The molecule has 2 N–H and O–H groups in total. The Hall–Kier alpha value is -3.83. The molecule has 0 aromatic heterocycles. The first kappa shape index (κ1) is 35.5. The second-order valence-electron chi connectivity index (χ2n) is 13.4. The van der Waals surface area contributed by atoms with E-state index in [2.05, 4.69) is 16.7 Å². The lowest BCUT2D eigenvalue weighted by atomic mass is 10.0. The van der Waals surface area contributed by atoms with Gasteiger partial charge in [0.05, 0.1) is 19.7 Å². The third kappa shape index (κ3) is 10.6. The van der Waals surface area contributed by atoms with Crippen molar-refractivity contribution in [2.24, 2.45) is 0 Å². The maximum atomic E-state index is 12.5. The summed E-state index contributed by atoms with van der Waals surface area (Å²) in [6, 6.07) is 13.8. The van der Waals surface area contributed by atoms with Gasteiger partial charge in [0, 0.05) is 58.8 Å². The number of amides is 4. The molecule has 2 saturated heterocycles. The minimum atomic E-state index is -0.634. The van der Waals surface area contributed by atoms with Gasteiger partial charge in [-0.15, -0.1) is 0 Å². The number of likely N-dealkylation sites (tertiary alicyclic amines) is 1.